The SMILES string of the molecule is C=CCN(C)C(=O)[C@@H]1[C@H]2C(=O)N([C@@H](CO)CC(C)C)C(C(=O)N(CC=C)c3ccc(OC)cc3)C23CC[C@@]1(C)O3. The van der Waals surface area contributed by atoms with Crippen LogP contribution < -0.4 is 9.64 Å². The summed E-state index contributed by atoms with van der Waals surface area (Å²) in [6.07, 6.45) is 4.80. The summed E-state index contributed by atoms with van der Waals surface area (Å²) in [5, 5.41) is 10.5. The highest BCUT2D eigenvalue weighted by Crippen LogP contribution is 2.64. The van der Waals surface area contributed by atoms with Crippen molar-refractivity contribution >= 4 is 23.4 Å². The molecule has 3 aliphatic rings. The third-order valence-electron chi connectivity index (χ3n) is 8.80. The zero-order chi connectivity index (χ0) is 29.4. The van der Waals surface area contributed by atoms with E-state index in [0.717, 1.165) is 0 Å². The quantitative estimate of drug-likeness (QED) is 0.400. The minimum absolute atomic E-state index is 0.162. The second-order valence-electron chi connectivity index (χ2n) is 11.9. The minimum atomic E-state index is -1.19. The number of aliphatic hydroxyl groups excluding tert-OH is 1. The van der Waals surface area contributed by atoms with Gasteiger partial charge >= 0.3 is 0 Å². The van der Waals surface area contributed by atoms with Crippen LogP contribution in [-0.2, 0) is 19.1 Å². The smallest absolute Gasteiger partial charge is 0.253 e. The lowest BCUT2D eigenvalue weighted by Crippen LogP contribution is -2.59. The third-order valence-corrected chi connectivity index (χ3v) is 8.80. The van der Waals surface area contributed by atoms with Crippen molar-refractivity contribution in [1.82, 2.24) is 9.80 Å². The van der Waals surface area contributed by atoms with Crippen molar-refractivity contribution < 1.29 is 29.0 Å². The van der Waals surface area contributed by atoms with E-state index in [1.807, 2.05) is 20.8 Å². The summed E-state index contributed by atoms with van der Waals surface area (Å²) >= 11 is 0. The van der Waals surface area contributed by atoms with Gasteiger partial charge < -0.3 is 29.3 Å². The number of ether oxygens (including phenoxy) is 2. The number of anilines is 1. The Balaban J connectivity index is 1.84. The number of fused-ring (bicyclic) bond motifs is 1. The Morgan fingerprint density at radius 1 is 1.18 bits per heavy atom. The molecule has 9 heteroatoms. The summed E-state index contributed by atoms with van der Waals surface area (Å²) in [6.45, 7) is 13.8. The van der Waals surface area contributed by atoms with Crippen LogP contribution in [-0.4, -0.2) is 89.8 Å². The molecule has 3 fully saturated rings. The molecule has 3 amide bonds. The van der Waals surface area contributed by atoms with Crippen LogP contribution in [0.1, 0.15) is 40.0 Å². The van der Waals surface area contributed by atoms with Gasteiger partial charge in [0.15, 0.2) is 0 Å². The number of benzene rings is 1. The fraction of sp³-hybridized carbons (Fsp3) is 0.581. The summed E-state index contributed by atoms with van der Waals surface area (Å²) in [5.74, 6) is -1.58. The number of likely N-dealkylation sites (tertiary alicyclic amines) is 1. The van der Waals surface area contributed by atoms with Gasteiger partial charge in [0.2, 0.25) is 11.8 Å². The molecule has 3 aliphatic heterocycles. The molecule has 2 unspecified atom stereocenters. The molecular formula is C31H43N3O6. The largest absolute Gasteiger partial charge is 0.497 e. The fourth-order valence-corrected chi connectivity index (χ4v) is 7.12. The Bertz CT molecular complexity index is 1150. The molecule has 0 aromatic heterocycles. The normalized spacial score (nSPS) is 29.3. The highest BCUT2D eigenvalue weighted by atomic mass is 16.5. The van der Waals surface area contributed by atoms with Crippen molar-refractivity contribution in [3.63, 3.8) is 0 Å². The van der Waals surface area contributed by atoms with Crippen molar-refractivity contribution in [3.8, 4) is 5.75 Å². The minimum Gasteiger partial charge on any atom is -0.497 e. The van der Waals surface area contributed by atoms with Gasteiger partial charge in [0, 0.05) is 25.8 Å². The first kappa shape index (κ1) is 29.8. The number of amides is 3. The maximum absolute atomic E-state index is 14.7. The van der Waals surface area contributed by atoms with Gasteiger partial charge in [0.25, 0.3) is 5.91 Å². The maximum atomic E-state index is 14.7. The van der Waals surface area contributed by atoms with Gasteiger partial charge in [-0.1, -0.05) is 26.0 Å². The Morgan fingerprint density at radius 3 is 2.38 bits per heavy atom. The molecule has 6 atom stereocenters. The number of methoxy groups -OCH3 is 1. The van der Waals surface area contributed by atoms with Gasteiger partial charge in [-0.3, -0.25) is 14.4 Å². The number of hydrogen-bond donors (Lipinski definition) is 1. The number of carbonyl (C=O) groups is 3. The molecule has 0 saturated carbocycles. The molecule has 1 aromatic carbocycles. The Morgan fingerprint density at radius 2 is 1.82 bits per heavy atom. The second-order valence-corrected chi connectivity index (χ2v) is 11.9. The molecule has 9 nitrogen and oxygen atoms in total. The Hall–Kier alpha value is -3.17. The lowest BCUT2D eigenvalue weighted by molar-refractivity contribution is -0.151. The Labute approximate surface area is 237 Å². The molecular weight excluding hydrogens is 510 g/mol. The first-order valence-corrected chi connectivity index (χ1v) is 14.0. The van der Waals surface area contributed by atoms with Crippen molar-refractivity contribution in [2.24, 2.45) is 17.8 Å². The zero-order valence-corrected chi connectivity index (χ0v) is 24.3. The summed E-state index contributed by atoms with van der Waals surface area (Å²) in [5.41, 5.74) is -1.44. The number of aliphatic hydroxyl groups is 1. The molecule has 40 heavy (non-hydrogen) atoms. The molecule has 1 aromatic rings. The second kappa shape index (κ2) is 11.4. The number of likely N-dealkylation sites (N-methyl/N-ethyl adjacent to an activating group) is 1. The van der Waals surface area contributed by atoms with E-state index in [2.05, 4.69) is 13.2 Å². The highest BCUT2D eigenvalue weighted by molar-refractivity contribution is 6.05. The van der Waals surface area contributed by atoms with E-state index in [-0.39, 0.29) is 36.8 Å². The zero-order valence-electron chi connectivity index (χ0n) is 24.3. The van der Waals surface area contributed by atoms with Crippen molar-refractivity contribution in [2.45, 2.75) is 63.3 Å². The van der Waals surface area contributed by atoms with E-state index < -0.39 is 35.1 Å². The number of carbonyl (C=O) groups excluding carboxylic acids is 3. The lowest BCUT2D eigenvalue weighted by atomic mass is 9.66. The van der Waals surface area contributed by atoms with Gasteiger partial charge in [-0.25, -0.2) is 0 Å². The van der Waals surface area contributed by atoms with Crippen LogP contribution in [0.4, 0.5) is 5.69 Å². The van der Waals surface area contributed by atoms with Crippen LogP contribution in [0, 0.1) is 17.8 Å². The average molecular weight is 554 g/mol. The van der Waals surface area contributed by atoms with E-state index in [1.54, 1.807) is 65.3 Å². The summed E-state index contributed by atoms with van der Waals surface area (Å²) in [7, 11) is 3.27. The number of rotatable bonds is 12. The molecule has 3 heterocycles. The number of nitrogens with zero attached hydrogens (tertiary/aromatic N) is 3. The van der Waals surface area contributed by atoms with Crippen LogP contribution in [0.25, 0.3) is 0 Å². The summed E-state index contributed by atoms with van der Waals surface area (Å²) < 4.78 is 12.1. The first-order valence-electron chi connectivity index (χ1n) is 14.0. The van der Waals surface area contributed by atoms with Gasteiger partial charge in [-0.15, -0.1) is 13.2 Å². The van der Waals surface area contributed by atoms with E-state index in [4.69, 9.17) is 9.47 Å². The molecule has 4 rings (SSSR count). The topological polar surface area (TPSA) is 99.6 Å². The summed E-state index contributed by atoms with van der Waals surface area (Å²) in [6, 6.07) is 5.52. The lowest BCUT2D eigenvalue weighted by Gasteiger charge is -2.40. The van der Waals surface area contributed by atoms with Gasteiger partial charge in [-0.2, -0.15) is 0 Å². The van der Waals surface area contributed by atoms with E-state index in [1.165, 1.54) is 0 Å². The van der Waals surface area contributed by atoms with Crippen molar-refractivity contribution in [3.05, 3.63) is 49.6 Å². The highest BCUT2D eigenvalue weighted by Gasteiger charge is 2.78. The van der Waals surface area contributed by atoms with Crippen molar-refractivity contribution in [2.75, 3.05) is 38.8 Å². The third kappa shape index (κ3) is 4.73. The van der Waals surface area contributed by atoms with Crippen molar-refractivity contribution in [1.29, 1.82) is 0 Å². The van der Waals surface area contributed by atoms with Gasteiger partial charge in [0.1, 0.15) is 17.4 Å². The molecule has 0 radical (unpaired) electrons. The summed E-state index contributed by atoms with van der Waals surface area (Å²) in [4.78, 5) is 47.6. The molecule has 1 spiro atoms. The fourth-order valence-electron chi connectivity index (χ4n) is 7.12. The van der Waals surface area contributed by atoms with Crippen LogP contribution in [0.15, 0.2) is 49.6 Å². The van der Waals surface area contributed by atoms with E-state index in [9.17, 15) is 19.5 Å². The van der Waals surface area contributed by atoms with Gasteiger partial charge in [-0.05, 0) is 56.4 Å². The van der Waals surface area contributed by atoms with Gasteiger partial charge in [0.05, 0.1) is 37.2 Å². The van der Waals surface area contributed by atoms with E-state index in [0.29, 0.717) is 37.2 Å². The molecule has 2 bridgehead atoms. The molecule has 218 valence electrons. The van der Waals surface area contributed by atoms with E-state index >= 15 is 0 Å². The van der Waals surface area contributed by atoms with Crippen LogP contribution >= 0.6 is 0 Å². The standard InChI is InChI=1S/C31H43N3O6/c1-8-16-32(6)27(36)24-25-28(37)34(22(19-35)18-20(3)4)26(31(25)15-14-30(24,5)40-31)29(38)33(17-9-2)21-10-12-23(39-7)13-11-21/h8-13,20,22,24-26,35H,1-2,14-19H2,3-7H3/t22-,24+,25+,26?,30-,31?/m1/s1. The van der Waals surface area contributed by atoms with Crippen LogP contribution in [0.5, 0.6) is 5.75 Å². The predicted octanol–water partition coefficient (Wildman–Crippen LogP) is 3.03. The molecule has 3 saturated heterocycles. The monoisotopic (exact) mass is 553 g/mol. The first-order chi connectivity index (χ1) is 19.0. The Kier molecular flexibility index (Phi) is 8.47. The number of hydrogen-bond acceptors (Lipinski definition) is 6. The predicted molar refractivity (Wildman–Crippen MR) is 153 cm³/mol. The molecule has 1 N–H and O–H groups in total. The molecule has 0 aliphatic carbocycles. The maximum Gasteiger partial charge on any atom is 0.253 e. The van der Waals surface area contributed by atoms with Crippen LogP contribution in [0.3, 0.4) is 0 Å². The van der Waals surface area contributed by atoms with Crippen LogP contribution in [0.2, 0.25) is 0 Å². The average Bonchev–Trinajstić information content (AvgIpc) is 3.50.